The van der Waals surface area contributed by atoms with Gasteiger partial charge in [-0.2, -0.15) is 0 Å². The summed E-state index contributed by atoms with van der Waals surface area (Å²) in [6, 6.07) is 19.1. The molecule has 0 radical (unpaired) electrons. The average molecular weight is 1050 g/mol. The molecule has 0 aliphatic heterocycles. The number of Topliss-reactive ketones (excluding diaryl/α,β-unsaturated/α-hetero) is 2. The van der Waals surface area contributed by atoms with Gasteiger partial charge in [0.05, 0.1) is 18.0 Å². The number of ketones is 2. The van der Waals surface area contributed by atoms with E-state index in [0.717, 1.165) is 25.7 Å². The topological polar surface area (TPSA) is 140 Å². The molecule has 0 saturated carbocycles. The zero-order valence-corrected chi connectivity index (χ0v) is 51.2. The maximum Gasteiger partial charge on any atom is 0.329 e. The number of hydrogen-bond donors (Lipinski definition) is 0. The SMILES string of the molecule is C=C(OC(C)C(C)=O)C(CC(C)C)N(C)C(=O)CCCC.CC.CC/C=C(/COC(=O)C(C)CC(C)C)N(C)C(CC(C)C)C(=O)OC(C)C(=O)N(C)C(CC(C)C)C(C)=O.Cc1ccccc1.Cc1ccccc1. The summed E-state index contributed by atoms with van der Waals surface area (Å²) in [5.74, 6) is 0.236. The molecule has 75 heavy (non-hydrogen) atoms. The Morgan fingerprint density at radius 3 is 1.37 bits per heavy atom. The van der Waals surface area contributed by atoms with Gasteiger partial charge < -0.3 is 28.9 Å². The van der Waals surface area contributed by atoms with E-state index in [9.17, 15) is 28.8 Å². The van der Waals surface area contributed by atoms with E-state index in [1.54, 1.807) is 37.9 Å². The Kier molecular flexibility index (Phi) is 41.4. The number of carbonyl (C=O) groups is 6. The van der Waals surface area contributed by atoms with Crippen molar-refractivity contribution in [1.82, 2.24) is 14.7 Å². The van der Waals surface area contributed by atoms with Crippen LogP contribution in [0.15, 0.2) is 84.8 Å². The number of unbranched alkanes of at least 4 members (excludes halogenated alkanes) is 1. The zero-order chi connectivity index (χ0) is 58.5. The Labute approximate surface area is 457 Å². The Morgan fingerprint density at radius 1 is 0.560 bits per heavy atom. The number of benzene rings is 2. The van der Waals surface area contributed by atoms with Gasteiger partial charge in [0.1, 0.15) is 18.4 Å². The predicted octanol–water partition coefficient (Wildman–Crippen LogP) is 13.8. The normalized spacial score (nSPS) is 13.2. The quantitative estimate of drug-likeness (QED) is 0.0627. The Morgan fingerprint density at radius 2 is 1.00 bits per heavy atom. The molecule has 2 rings (SSSR count). The zero-order valence-electron chi connectivity index (χ0n) is 51.2. The fourth-order valence-electron chi connectivity index (χ4n) is 7.56. The van der Waals surface area contributed by atoms with Crippen LogP contribution in [-0.2, 0) is 43.0 Å². The molecule has 2 amide bonds. The number of nitrogens with zero attached hydrogens (tertiary/aromatic N) is 3. The highest BCUT2D eigenvalue weighted by Gasteiger charge is 2.34. The lowest BCUT2D eigenvalue weighted by Gasteiger charge is -2.33. The molecule has 0 aliphatic carbocycles. The maximum absolute atomic E-state index is 13.4. The molecular weight excluding hydrogens is 943 g/mol. The highest BCUT2D eigenvalue weighted by molar-refractivity contribution is 5.90. The molecule has 0 spiro atoms. The van der Waals surface area contributed by atoms with Crippen LogP contribution >= 0.6 is 0 Å². The van der Waals surface area contributed by atoms with Gasteiger partial charge in [-0.15, -0.1) is 0 Å². The third-order valence-electron chi connectivity index (χ3n) is 12.0. The van der Waals surface area contributed by atoms with Crippen molar-refractivity contribution in [2.24, 2.45) is 29.6 Å². The van der Waals surface area contributed by atoms with Crippen LogP contribution in [0.25, 0.3) is 0 Å². The molecule has 0 saturated heterocycles. The lowest BCUT2D eigenvalue weighted by Crippen LogP contribution is -2.49. The van der Waals surface area contributed by atoms with Gasteiger partial charge >= 0.3 is 11.9 Å². The molecule has 0 N–H and O–H groups in total. The van der Waals surface area contributed by atoms with E-state index in [1.807, 2.05) is 97.9 Å². The fourth-order valence-corrected chi connectivity index (χ4v) is 7.56. The number of rotatable bonds is 27. The molecule has 2 aromatic rings. The monoisotopic (exact) mass is 1050 g/mol. The van der Waals surface area contributed by atoms with Gasteiger partial charge in [-0.25, -0.2) is 4.79 Å². The number of likely N-dealkylation sites (N-methyl/N-ethyl adjacent to an activating group) is 3. The molecular formula is C63H107N3O9. The number of allylic oxidation sites excluding steroid dienone is 1. The van der Waals surface area contributed by atoms with Gasteiger partial charge in [0.15, 0.2) is 23.8 Å². The van der Waals surface area contributed by atoms with Crippen molar-refractivity contribution in [1.29, 1.82) is 0 Å². The van der Waals surface area contributed by atoms with Gasteiger partial charge in [0.2, 0.25) is 5.91 Å². The third kappa shape index (κ3) is 34.1. The minimum atomic E-state index is -1.04. The Hall–Kier alpha value is -5.26. The first-order valence-electron chi connectivity index (χ1n) is 27.7. The number of esters is 2. The Balaban J connectivity index is -0.00000114. The molecule has 2 aromatic carbocycles. The lowest BCUT2D eigenvalue weighted by molar-refractivity contribution is -0.164. The predicted molar refractivity (Wildman–Crippen MR) is 311 cm³/mol. The molecule has 12 nitrogen and oxygen atoms in total. The third-order valence-corrected chi connectivity index (χ3v) is 12.0. The van der Waals surface area contributed by atoms with Crippen molar-refractivity contribution in [2.75, 3.05) is 27.7 Å². The summed E-state index contributed by atoms with van der Waals surface area (Å²) >= 11 is 0. The smallest absolute Gasteiger partial charge is 0.329 e. The molecule has 0 aromatic heterocycles. The minimum Gasteiger partial charge on any atom is -0.486 e. The van der Waals surface area contributed by atoms with Gasteiger partial charge in [-0.1, -0.05) is 181 Å². The maximum atomic E-state index is 13.4. The highest BCUT2D eigenvalue weighted by atomic mass is 16.6. The molecule has 0 fully saturated rings. The van der Waals surface area contributed by atoms with Crippen LogP contribution in [0.4, 0.5) is 0 Å². The van der Waals surface area contributed by atoms with E-state index in [4.69, 9.17) is 14.2 Å². The highest BCUT2D eigenvalue weighted by Crippen LogP contribution is 2.23. The van der Waals surface area contributed by atoms with Crippen LogP contribution in [0, 0.1) is 43.4 Å². The minimum absolute atomic E-state index is 0.0422. The van der Waals surface area contributed by atoms with Gasteiger partial charge in [0, 0.05) is 33.3 Å². The average Bonchev–Trinajstić information content (AvgIpc) is 3.34. The molecule has 0 bridgehead atoms. The van der Waals surface area contributed by atoms with Gasteiger partial charge in [-0.05, 0) is 104 Å². The summed E-state index contributed by atoms with van der Waals surface area (Å²) in [6.45, 7) is 40.6. The molecule has 6 atom stereocenters. The molecule has 0 heterocycles. The summed E-state index contributed by atoms with van der Waals surface area (Å²) < 4.78 is 16.9. The van der Waals surface area contributed by atoms with Crippen LogP contribution < -0.4 is 0 Å². The van der Waals surface area contributed by atoms with E-state index < -0.39 is 36.2 Å². The first kappa shape index (κ1) is 74.0. The van der Waals surface area contributed by atoms with Crippen molar-refractivity contribution in [3.63, 3.8) is 0 Å². The number of hydrogen-bond acceptors (Lipinski definition) is 10. The Bertz CT molecular complexity index is 1890. The molecule has 0 aliphatic rings. The fraction of sp³-hybridized carbons (Fsp3) is 0.651. The van der Waals surface area contributed by atoms with Crippen molar-refractivity contribution in [3.8, 4) is 0 Å². The van der Waals surface area contributed by atoms with E-state index in [0.29, 0.717) is 49.0 Å². The summed E-state index contributed by atoms with van der Waals surface area (Å²) in [4.78, 5) is 79.6. The first-order chi connectivity index (χ1) is 35.0. The van der Waals surface area contributed by atoms with Crippen LogP contribution in [0.2, 0.25) is 0 Å². The number of aryl methyl sites for hydroxylation is 2. The summed E-state index contributed by atoms with van der Waals surface area (Å²) in [6.07, 6.45) is 6.04. The van der Waals surface area contributed by atoms with E-state index in [2.05, 4.69) is 79.3 Å². The van der Waals surface area contributed by atoms with Crippen LogP contribution in [0.5, 0.6) is 0 Å². The largest absolute Gasteiger partial charge is 0.486 e. The van der Waals surface area contributed by atoms with Gasteiger partial charge in [0.25, 0.3) is 5.91 Å². The van der Waals surface area contributed by atoms with Crippen LogP contribution in [0.1, 0.15) is 180 Å². The summed E-state index contributed by atoms with van der Waals surface area (Å²) in [5.41, 5.74) is 3.36. The second-order valence-electron chi connectivity index (χ2n) is 21.2. The van der Waals surface area contributed by atoms with Crippen molar-refractivity contribution >= 4 is 35.3 Å². The van der Waals surface area contributed by atoms with Crippen molar-refractivity contribution < 1.29 is 43.0 Å². The van der Waals surface area contributed by atoms with Crippen molar-refractivity contribution in [2.45, 2.75) is 213 Å². The second kappa shape index (κ2) is 41.9. The first-order valence-corrected chi connectivity index (χ1v) is 27.7. The van der Waals surface area contributed by atoms with Crippen molar-refractivity contribution in [3.05, 3.63) is 95.9 Å². The van der Waals surface area contributed by atoms with Crippen LogP contribution in [0.3, 0.4) is 0 Å². The van der Waals surface area contributed by atoms with E-state index in [1.165, 1.54) is 36.8 Å². The molecule has 428 valence electrons. The van der Waals surface area contributed by atoms with Crippen LogP contribution in [-0.4, -0.2) is 108 Å². The number of carbonyl (C=O) groups excluding carboxylic acids is 6. The number of ether oxygens (including phenoxy) is 3. The van der Waals surface area contributed by atoms with E-state index >= 15 is 0 Å². The lowest BCUT2D eigenvalue weighted by atomic mass is 9.99. The molecule has 6 unspecified atom stereocenters. The molecule has 12 heteroatoms. The standard InChI is InChI=1S/C30H54N2O6.C17H31NO3.2C7H8.C2H6/c1-13-14-25(18-37-29(35)22(8)15-19(2)3)31(11)27(17-21(6)7)30(36)38-24(10)28(34)32(12)26(23(9)33)16-20(4)5;1-8-9-10-17(20)18(7)16(11-12(2)3)15(6)21-14(5)13(4)19;2*1-7-5-3-2-4-6-7;1-2/h14,19-22,24,26-27H,13,15-18H2,1-12H3;12,14,16H,6,8-11H2,1-5,7H3;2*2-6H,1H3;1-2H3/b25-14-;;;;. The number of amides is 2. The van der Waals surface area contributed by atoms with E-state index in [-0.39, 0.29) is 53.8 Å². The van der Waals surface area contributed by atoms with Gasteiger partial charge in [-0.3, -0.25) is 24.0 Å². The summed E-state index contributed by atoms with van der Waals surface area (Å²) in [5, 5.41) is 0. The summed E-state index contributed by atoms with van der Waals surface area (Å²) in [7, 11) is 5.15. The second-order valence-corrected chi connectivity index (χ2v) is 21.2.